The molecule has 3 N–H and O–H groups in total. The van der Waals surface area contributed by atoms with Gasteiger partial charge in [0, 0.05) is 17.6 Å². The third-order valence-corrected chi connectivity index (χ3v) is 5.77. The SMILES string of the molecule is C[C@@H](CC(=O)O)NC(=O)Cc1cccc(NC(=O)OCC2c3ccccc3-c3ccccc32)c1. The van der Waals surface area contributed by atoms with Gasteiger partial charge < -0.3 is 15.2 Å². The minimum atomic E-state index is -0.970. The summed E-state index contributed by atoms with van der Waals surface area (Å²) in [6, 6.07) is 22.7. The fourth-order valence-corrected chi connectivity index (χ4v) is 4.34. The van der Waals surface area contributed by atoms with Crippen LogP contribution in [-0.4, -0.2) is 35.7 Å². The summed E-state index contributed by atoms with van der Waals surface area (Å²) in [5, 5.41) is 14.2. The Morgan fingerprint density at radius 2 is 1.59 bits per heavy atom. The Labute approximate surface area is 197 Å². The lowest BCUT2D eigenvalue weighted by atomic mass is 9.98. The number of aliphatic carboxylic acids is 1. The van der Waals surface area contributed by atoms with Crippen LogP contribution in [0.2, 0.25) is 0 Å². The van der Waals surface area contributed by atoms with Crippen LogP contribution in [-0.2, 0) is 20.7 Å². The van der Waals surface area contributed by atoms with Crippen molar-refractivity contribution in [1.82, 2.24) is 5.32 Å². The highest BCUT2D eigenvalue weighted by molar-refractivity contribution is 5.86. The first kappa shape index (κ1) is 23.0. The van der Waals surface area contributed by atoms with E-state index >= 15 is 0 Å². The number of nitrogens with one attached hydrogen (secondary N) is 2. The van der Waals surface area contributed by atoms with Crippen LogP contribution in [0.3, 0.4) is 0 Å². The summed E-state index contributed by atoms with van der Waals surface area (Å²) < 4.78 is 5.57. The number of fused-ring (bicyclic) bond motifs is 3. The molecule has 0 unspecified atom stereocenters. The molecular formula is C27H26N2O5. The van der Waals surface area contributed by atoms with Crippen molar-refractivity contribution >= 4 is 23.7 Å². The van der Waals surface area contributed by atoms with E-state index in [1.54, 1.807) is 31.2 Å². The van der Waals surface area contributed by atoms with Crippen molar-refractivity contribution in [3.05, 3.63) is 89.5 Å². The van der Waals surface area contributed by atoms with Crippen LogP contribution >= 0.6 is 0 Å². The molecule has 0 bridgehead atoms. The van der Waals surface area contributed by atoms with Crippen molar-refractivity contribution in [2.24, 2.45) is 0 Å². The summed E-state index contributed by atoms with van der Waals surface area (Å²) in [6.07, 6.45) is -0.641. The Hall–Kier alpha value is -4.13. The molecule has 0 saturated carbocycles. The highest BCUT2D eigenvalue weighted by Gasteiger charge is 2.29. The number of hydrogen-bond acceptors (Lipinski definition) is 4. The molecule has 34 heavy (non-hydrogen) atoms. The lowest BCUT2D eigenvalue weighted by Gasteiger charge is -2.15. The minimum absolute atomic E-state index is 0.0269. The monoisotopic (exact) mass is 458 g/mol. The number of anilines is 1. The van der Waals surface area contributed by atoms with E-state index in [9.17, 15) is 14.4 Å². The smallest absolute Gasteiger partial charge is 0.411 e. The Balaban J connectivity index is 1.34. The largest absolute Gasteiger partial charge is 0.481 e. The maximum absolute atomic E-state index is 12.5. The standard InChI is InChI=1S/C27H26N2O5/c1-17(13-26(31)32)28-25(30)15-18-7-6-8-19(14-18)29-27(33)34-16-24-22-11-4-2-9-20(22)21-10-3-5-12-23(21)24/h2-12,14,17,24H,13,15-16H2,1H3,(H,28,30)(H,29,33)(H,31,32)/t17-/m0/s1. The van der Waals surface area contributed by atoms with E-state index in [1.807, 2.05) is 24.3 Å². The average Bonchev–Trinajstić information content (AvgIpc) is 3.11. The van der Waals surface area contributed by atoms with Crippen molar-refractivity contribution in [2.45, 2.75) is 31.7 Å². The third kappa shape index (κ3) is 5.43. The van der Waals surface area contributed by atoms with Gasteiger partial charge in [0.2, 0.25) is 5.91 Å². The van der Waals surface area contributed by atoms with Gasteiger partial charge in [-0.05, 0) is 46.9 Å². The Kier molecular flexibility index (Phi) is 6.92. The van der Waals surface area contributed by atoms with E-state index in [0.29, 0.717) is 11.3 Å². The number of carboxylic acid groups (broad SMARTS) is 1. The lowest BCUT2D eigenvalue weighted by Crippen LogP contribution is -2.35. The molecular weight excluding hydrogens is 432 g/mol. The molecule has 0 saturated heterocycles. The van der Waals surface area contributed by atoms with E-state index in [0.717, 1.165) is 22.3 Å². The van der Waals surface area contributed by atoms with Crippen LogP contribution in [0.4, 0.5) is 10.5 Å². The molecule has 0 fully saturated rings. The fourth-order valence-electron chi connectivity index (χ4n) is 4.34. The van der Waals surface area contributed by atoms with Gasteiger partial charge in [-0.25, -0.2) is 4.79 Å². The zero-order valence-electron chi connectivity index (χ0n) is 18.8. The molecule has 0 aliphatic heterocycles. The summed E-state index contributed by atoms with van der Waals surface area (Å²) >= 11 is 0. The predicted molar refractivity (Wildman–Crippen MR) is 129 cm³/mol. The molecule has 0 radical (unpaired) electrons. The molecule has 1 atom stereocenters. The van der Waals surface area contributed by atoms with E-state index in [1.165, 1.54) is 0 Å². The number of carbonyl (C=O) groups excluding carboxylic acids is 2. The normalized spacial score (nSPS) is 12.9. The van der Waals surface area contributed by atoms with Gasteiger partial charge in [0.15, 0.2) is 0 Å². The second-order valence-corrected chi connectivity index (χ2v) is 8.39. The van der Waals surface area contributed by atoms with E-state index in [-0.39, 0.29) is 31.3 Å². The van der Waals surface area contributed by atoms with Crippen LogP contribution < -0.4 is 10.6 Å². The van der Waals surface area contributed by atoms with Crippen molar-refractivity contribution in [2.75, 3.05) is 11.9 Å². The number of carbonyl (C=O) groups is 3. The van der Waals surface area contributed by atoms with Crippen molar-refractivity contribution in [3.63, 3.8) is 0 Å². The molecule has 4 rings (SSSR count). The van der Waals surface area contributed by atoms with Crippen LogP contribution in [0.1, 0.15) is 36.0 Å². The Morgan fingerprint density at radius 3 is 2.24 bits per heavy atom. The molecule has 0 heterocycles. The summed E-state index contributed by atoms with van der Waals surface area (Å²) in [5.74, 6) is -1.28. The Bertz CT molecular complexity index is 1180. The zero-order valence-corrected chi connectivity index (χ0v) is 18.8. The first-order chi connectivity index (χ1) is 16.4. The number of carboxylic acids is 1. The summed E-state index contributed by atoms with van der Waals surface area (Å²) in [4.78, 5) is 35.4. The van der Waals surface area contributed by atoms with Crippen LogP contribution in [0.5, 0.6) is 0 Å². The zero-order chi connectivity index (χ0) is 24.1. The number of ether oxygens (including phenoxy) is 1. The van der Waals surface area contributed by atoms with Gasteiger partial charge in [-0.3, -0.25) is 14.9 Å². The quantitative estimate of drug-likeness (QED) is 0.459. The van der Waals surface area contributed by atoms with Gasteiger partial charge in [0.05, 0.1) is 12.8 Å². The third-order valence-electron chi connectivity index (χ3n) is 5.77. The van der Waals surface area contributed by atoms with Crippen LogP contribution in [0, 0.1) is 0 Å². The van der Waals surface area contributed by atoms with E-state index < -0.39 is 18.1 Å². The fraction of sp³-hybridized carbons (Fsp3) is 0.222. The number of hydrogen-bond donors (Lipinski definition) is 3. The summed E-state index contributed by atoms with van der Waals surface area (Å²) in [6.45, 7) is 1.85. The van der Waals surface area contributed by atoms with Crippen LogP contribution in [0.15, 0.2) is 72.8 Å². The van der Waals surface area contributed by atoms with Crippen molar-refractivity contribution in [1.29, 1.82) is 0 Å². The lowest BCUT2D eigenvalue weighted by molar-refractivity contribution is -0.137. The maximum atomic E-state index is 12.5. The number of benzene rings is 3. The molecule has 3 aromatic carbocycles. The molecule has 174 valence electrons. The molecule has 1 aliphatic carbocycles. The van der Waals surface area contributed by atoms with Crippen molar-refractivity contribution < 1.29 is 24.2 Å². The minimum Gasteiger partial charge on any atom is -0.481 e. The second kappa shape index (κ2) is 10.2. The summed E-state index contributed by atoms with van der Waals surface area (Å²) in [7, 11) is 0. The first-order valence-electron chi connectivity index (χ1n) is 11.1. The highest BCUT2D eigenvalue weighted by atomic mass is 16.5. The van der Waals surface area contributed by atoms with Crippen molar-refractivity contribution in [3.8, 4) is 11.1 Å². The first-order valence-corrected chi connectivity index (χ1v) is 11.1. The molecule has 7 heteroatoms. The van der Waals surface area contributed by atoms with Gasteiger partial charge in [-0.1, -0.05) is 60.7 Å². The highest BCUT2D eigenvalue weighted by Crippen LogP contribution is 2.44. The molecule has 0 aromatic heterocycles. The molecule has 7 nitrogen and oxygen atoms in total. The number of rotatable bonds is 8. The second-order valence-electron chi connectivity index (χ2n) is 8.39. The molecule has 1 aliphatic rings. The van der Waals surface area contributed by atoms with E-state index in [4.69, 9.17) is 9.84 Å². The van der Waals surface area contributed by atoms with Crippen LogP contribution in [0.25, 0.3) is 11.1 Å². The maximum Gasteiger partial charge on any atom is 0.411 e. The molecule has 0 spiro atoms. The summed E-state index contributed by atoms with van der Waals surface area (Å²) in [5.41, 5.74) is 5.81. The number of amides is 2. The van der Waals surface area contributed by atoms with Gasteiger partial charge in [-0.2, -0.15) is 0 Å². The molecule has 2 amide bonds. The van der Waals surface area contributed by atoms with Gasteiger partial charge >= 0.3 is 12.1 Å². The topological polar surface area (TPSA) is 105 Å². The molecule has 3 aromatic rings. The average molecular weight is 459 g/mol. The Morgan fingerprint density at radius 1 is 0.941 bits per heavy atom. The van der Waals surface area contributed by atoms with Gasteiger partial charge in [-0.15, -0.1) is 0 Å². The van der Waals surface area contributed by atoms with E-state index in [2.05, 4.69) is 34.9 Å². The van der Waals surface area contributed by atoms with Gasteiger partial charge in [0.1, 0.15) is 6.61 Å². The van der Waals surface area contributed by atoms with Gasteiger partial charge in [0.25, 0.3) is 0 Å². The predicted octanol–water partition coefficient (Wildman–Crippen LogP) is 4.57.